The fourth-order valence-corrected chi connectivity index (χ4v) is 3.46. The van der Waals surface area contributed by atoms with Crippen LogP contribution in [0.2, 0.25) is 0 Å². The van der Waals surface area contributed by atoms with E-state index in [4.69, 9.17) is 0 Å². The minimum absolute atomic E-state index is 0.0172. The number of carbonyl (C=O) groups excluding carboxylic acids is 3. The monoisotopic (exact) mass is 458 g/mol. The summed E-state index contributed by atoms with van der Waals surface area (Å²) in [6.07, 6.45) is 0. The zero-order valence-electron chi connectivity index (χ0n) is 19.5. The normalized spacial score (nSPS) is 10.3. The van der Waals surface area contributed by atoms with Crippen LogP contribution in [0.1, 0.15) is 40.1 Å². The molecule has 0 saturated heterocycles. The van der Waals surface area contributed by atoms with E-state index in [2.05, 4.69) is 16.0 Å². The van der Waals surface area contributed by atoms with Gasteiger partial charge in [0, 0.05) is 42.1 Å². The Balaban J connectivity index is 1.54. The molecule has 0 saturated carbocycles. The predicted molar refractivity (Wildman–Crippen MR) is 135 cm³/mol. The van der Waals surface area contributed by atoms with Crippen LogP contribution in [0.15, 0.2) is 78.9 Å². The second-order valence-corrected chi connectivity index (χ2v) is 7.71. The van der Waals surface area contributed by atoms with E-state index in [1.54, 1.807) is 53.4 Å². The highest BCUT2D eigenvalue weighted by atomic mass is 16.2. The molecule has 176 valence electrons. The smallest absolute Gasteiger partial charge is 0.253 e. The topological polar surface area (TPSA) is 90.5 Å². The molecule has 0 heterocycles. The summed E-state index contributed by atoms with van der Waals surface area (Å²) in [5, 5.41) is 8.74. The lowest BCUT2D eigenvalue weighted by Crippen LogP contribution is -2.30. The van der Waals surface area contributed by atoms with E-state index in [1.165, 1.54) is 0 Å². The van der Waals surface area contributed by atoms with Gasteiger partial charge in [-0.05, 0) is 55.8 Å². The Labute approximate surface area is 200 Å². The van der Waals surface area contributed by atoms with Crippen molar-refractivity contribution in [2.75, 3.05) is 30.3 Å². The maximum absolute atomic E-state index is 12.5. The van der Waals surface area contributed by atoms with Gasteiger partial charge in [0.25, 0.3) is 11.8 Å². The molecule has 0 aromatic heterocycles. The number of hydrogen-bond acceptors (Lipinski definition) is 4. The van der Waals surface area contributed by atoms with Crippen LogP contribution >= 0.6 is 0 Å². The molecule has 34 heavy (non-hydrogen) atoms. The van der Waals surface area contributed by atoms with Gasteiger partial charge in [-0.1, -0.05) is 42.5 Å². The minimum atomic E-state index is -0.258. The minimum Gasteiger partial charge on any atom is -0.376 e. The maximum Gasteiger partial charge on any atom is 0.253 e. The maximum atomic E-state index is 12.5. The van der Waals surface area contributed by atoms with E-state index in [1.807, 2.05) is 44.2 Å². The van der Waals surface area contributed by atoms with Crippen molar-refractivity contribution in [3.63, 3.8) is 0 Å². The molecule has 0 atom stereocenters. The lowest BCUT2D eigenvalue weighted by Gasteiger charge is -2.19. The highest BCUT2D eigenvalue weighted by Crippen LogP contribution is 2.14. The van der Waals surface area contributed by atoms with Crippen molar-refractivity contribution < 1.29 is 14.4 Å². The lowest BCUT2D eigenvalue weighted by molar-refractivity contribution is -0.114. The third kappa shape index (κ3) is 6.93. The molecule has 3 aromatic carbocycles. The van der Waals surface area contributed by atoms with Crippen LogP contribution in [0.25, 0.3) is 0 Å². The Hall–Kier alpha value is -4.13. The number of hydrogen-bond donors (Lipinski definition) is 3. The zero-order chi connectivity index (χ0) is 24.3. The van der Waals surface area contributed by atoms with Gasteiger partial charge in [0.05, 0.1) is 6.54 Å². The number of nitrogens with one attached hydrogen (secondary N) is 3. The molecule has 0 bridgehead atoms. The van der Waals surface area contributed by atoms with Crippen molar-refractivity contribution in [3.05, 3.63) is 95.6 Å². The van der Waals surface area contributed by atoms with E-state index < -0.39 is 0 Å². The first-order chi connectivity index (χ1) is 16.5. The first-order valence-electron chi connectivity index (χ1n) is 11.4. The standard InChI is InChI=1S/C27H30N4O3/c1-3-31(4-2)27(34)22-13-9-15-24(17-22)30-25(32)19-28-23-14-8-12-21(16-23)26(33)29-18-20-10-6-5-7-11-20/h5-17,28H,3-4,18-19H2,1-2H3,(H,29,33)(H,30,32). The van der Waals surface area contributed by atoms with E-state index in [0.29, 0.717) is 42.1 Å². The zero-order valence-corrected chi connectivity index (χ0v) is 19.5. The van der Waals surface area contributed by atoms with Crippen LogP contribution in [-0.4, -0.2) is 42.3 Å². The van der Waals surface area contributed by atoms with Gasteiger partial charge < -0.3 is 20.9 Å². The summed E-state index contributed by atoms with van der Waals surface area (Å²) in [6, 6.07) is 23.6. The molecular weight excluding hydrogens is 428 g/mol. The molecule has 0 radical (unpaired) electrons. The van der Waals surface area contributed by atoms with Crippen LogP contribution < -0.4 is 16.0 Å². The van der Waals surface area contributed by atoms with Crippen LogP contribution in [0.3, 0.4) is 0 Å². The molecule has 0 spiro atoms. The quantitative estimate of drug-likeness (QED) is 0.426. The summed E-state index contributed by atoms with van der Waals surface area (Å²) in [6.45, 7) is 5.57. The van der Waals surface area contributed by atoms with Crippen LogP contribution in [0.4, 0.5) is 11.4 Å². The summed E-state index contributed by atoms with van der Waals surface area (Å²) < 4.78 is 0. The first kappa shape index (κ1) is 24.5. The molecule has 3 rings (SSSR count). The summed E-state index contributed by atoms with van der Waals surface area (Å²) in [4.78, 5) is 39.2. The van der Waals surface area contributed by atoms with E-state index in [9.17, 15) is 14.4 Å². The second-order valence-electron chi connectivity index (χ2n) is 7.71. The van der Waals surface area contributed by atoms with Crippen molar-refractivity contribution >= 4 is 29.1 Å². The lowest BCUT2D eigenvalue weighted by atomic mass is 10.1. The van der Waals surface area contributed by atoms with Crippen molar-refractivity contribution in [1.82, 2.24) is 10.2 Å². The van der Waals surface area contributed by atoms with Gasteiger partial charge in [-0.3, -0.25) is 14.4 Å². The molecule has 0 aliphatic rings. The number of carbonyl (C=O) groups is 3. The Kier molecular flexibility index (Phi) is 8.80. The van der Waals surface area contributed by atoms with Gasteiger partial charge in [0.15, 0.2) is 0 Å². The molecule has 0 fully saturated rings. The third-order valence-electron chi connectivity index (χ3n) is 5.32. The van der Waals surface area contributed by atoms with Gasteiger partial charge >= 0.3 is 0 Å². The number of rotatable bonds is 10. The van der Waals surface area contributed by atoms with Gasteiger partial charge in [-0.2, -0.15) is 0 Å². The van der Waals surface area contributed by atoms with E-state index >= 15 is 0 Å². The van der Waals surface area contributed by atoms with Crippen LogP contribution in [0, 0.1) is 0 Å². The molecule has 3 aromatic rings. The van der Waals surface area contributed by atoms with E-state index in [0.717, 1.165) is 5.56 Å². The fraction of sp³-hybridized carbons (Fsp3) is 0.222. The fourth-order valence-electron chi connectivity index (χ4n) is 3.46. The van der Waals surface area contributed by atoms with Gasteiger partial charge in [-0.15, -0.1) is 0 Å². The summed E-state index contributed by atoms with van der Waals surface area (Å²) >= 11 is 0. The van der Waals surface area contributed by atoms with Crippen LogP contribution in [-0.2, 0) is 11.3 Å². The third-order valence-corrected chi connectivity index (χ3v) is 5.32. The average Bonchev–Trinajstić information content (AvgIpc) is 2.87. The molecular formula is C27H30N4O3. The number of anilines is 2. The first-order valence-corrected chi connectivity index (χ1v) is 11.4. The molecule has 3 amide bonds. The number of amides is 3. The summed E-state index contributed by atoms with van der Waals surface area (Å²) in [5.74, 6) is -0.514. The molecule has 7 heteroatoms. The summed E-state index contributed by atoms with van der Waals surface area (Å²) in [7, 11) is 0. The van der Waals surface area contributed by atoms with Crippen molar-refractivity contribution in [2.45, 2.75) is 20.4 Å². The Bertz CT molecular complexity index is 1130. The van der Waals surface area contributed by atoms with Gasteiger partial charge in [-0.25, -0.2) is 0 Å². The van der Waals surface area contributed by atoms with Crippen molar-refractivity contribution in [3.8, 4) is 0 Å². The molecule has 3 N–H and O–H groups in total. The molecule has 0 unspecified atom stereocenters. The Morgan fingerprint density at radius 3 is 2.12 bits per heavy atom. The number of nitrogens with zero attached hydrogens (tertiary/aromatic N) is 1. The highest BCUT2D eigenvalue weighted by molar-refractivity contribution is 5.98. The second kappa shape index (κ2) is 12.2. The molecule has 7 nitrogen and oxygen atoms in total. The van der Waals surface area contributed by atoms with E-state index in [-0.39, 0.29) is 24.3 Å². The highest BCUT2D eigenvalue weighted by Gasteiger charge is 2.13. The van der Waals surface area contributed by atoms with Crippen LogP contribution in [0.5, 0.6) is 0 Å². The largest absolute Gasteiger partial charge is 0.376 e. The number of benzene rings is 3. The molecule has 0 aliphatic heterocycles. The average molecular weight is 459 g/mol. The Morgan fingerprint density at radius 1 is 0.765 bits per heavy atom. The SMILES string of the molecule is CCN(CC)C(=O)c1cccc(NC(=O)CNc2cccc(C(=O)NCc3ccccc3)c2)c1. The van der Waals surface area contributed by atoms with Crippen molar-refractivity contribution in [2.24, 2.45) is 0 Å². The molecule has 0 aliphatic carbocycles. The Morgan fingerprint density at radius 2 is 1.41 bits per heavy atom. The van der Waals surface area contributed by atoms with Gasteiger partial charge in [0.1, 0.15) is 0 Å². The van der Waals surface area contributed by atoms with Crippen molar-refractivity contribution in [1.29, 1.82) is 0 Å². The van der Waals surface area contributed by atoms with Gasteiger partial charge in [0.2, 0.25) is 5.91 Å². The summed E-state index contributed by atoms with van der Waals surface area (Å²) in [5.41, 5.74) is 3.27. The predicted octanol–water partition coefficient (Wildman–Crippen LogP) is 4.15.